The predicted molar refractivity (Wildman–Crippen MR) is 136 cm³/mol. The molecule has 0 fully saturated rings. The Kier molecular flexibility index (Phi) is 9.46. The first-order valence-corrected chi connectivity index (χ1v) is 12.1. The molecule has 0 heterocycles. The maximum Gasteiger partial charge on any atom is 0.0245 e. The summed E-state index contributed by atoms with van der Waals surface area (Å²) in [5.41, 5.74) is 7.60. The Hall–Kier alpha value is -2.78. The molecule has 0 bridgehead atoms. The van der Waals surface area contributed by atoms with Gasteiger partial charge in [0.2, 0.25) is 0 Å². The Morgan fingerprint density at radius 1 is 0.516 bits per heavy atom. The van der Waals surface area contributed by atoms with Crippen LogP contribution in [0.3, 0.4) is 0 Å². The minimum atomic E-state index is 1.00. The number of rotatable bonds is 10. The zero-order chi connectivity index (χ0) is 21.7. The Labute approximate surface area is 189 Å². The third kappa shape index (κ3) is 7.45. The SMILES string of the molecule is CCCCCCC#Cc1ccc(-c2ccc(-c3ccc(CCCCC)cc3)cc2)cc1. The summed E-state index contributed by atoms with van der Waals surface area (Å²) in [6.07, 6.45) is 11.2. The van der Waals surface area contributed by atoms with E-state index >= 15 is 0 Å². The van der Waals surface area contributed by atoms with Crippen molar-refractivity contribution in [3.8, 4) is 34.1 Å². The molecule has 3 rings (SSSR count). The molecule has 0 aromatic heterocycles. The summed E-state index contributed by atoms with van der Waals surface area (Å²) in [4.78, 5) is 0. The van der Waals surface area contributed by atoms with Crippen molar-refractivity contribution in [1.29, 1.82) is 0 Å². The lowest BCUT2D eigenvalue weighted by Crippen LogP contribution is -1.86. The molecule has 0 atom stereocenters. The zero-order valence-electron chi connectivity index (χ0n) is 19.3. The van der Waals surface area contributed by atoms with Crippen molar-refractivity contribution in [2.45, 2.75) is 71.6 Å². The highest BCUT2D eigenvalue weighted by Crippen LogP contribution is 2.25. The van der Waals surface area contributed by atoms with Crippen LogP contribution < -0.4 is 0 Å². The van der Waals surface area contributed by atoms with Gasteiger partial charge in [-0.1, -0.05) is 118 Å². The van der Waals surface area contributed by atoms with Gasteiger partial charge in [0.15, 0.2) is 0 Å². The van der Waals surface area contributed by atoms with E-state index in [1.807, 2.05) is 0 Å². The van der Waals surface area contributed by atoms with Crippen molar-refractivity contribution in [3.63, 3.8) is 0 Å². The Morgan fingerprint density at radius 2 is 1.00 bits per heavy atom. The van der Waals surface area contributed by atoms with Crippen LogP contribution in [0.2, 0.25) is 0 Å². The van der Waals surface area contributed by atoms with Crippen LogP contribution in [-0.2, 0) is 6.42 Å². The number of hydrogen-bond donors (Lipinski definition) is 0. The molecule has 0 aliphatic rings. The van der Waals surface area contributed by atoms with Gasteiger partial charge in [-0.15, -0.1) is 0 Å². The summed E-state index contributed by atoms with van der Waals surface area (Å²) in [6, 6.07) is 26.6. The van der Waals surface area contributed by atoms with Gasteiger partial charge < -0.3 is 0 Å². The largest absolute Gasteiger partial charge is 0.0979 e. The van der Waals surface area contributed by atoms with Crippen LogP contribution in [0, 0.1) is 11.8 Å². The van der Waals surface area contributed by atoms with E-state index in [9.17, 15) is 0 Å². The predicted octanol–water partition coefficient (Wildman–Crippen LogP) is 9.08. The van der Waals surface area contributed by atoms with Crippen LogP contribution in [0.5, 0.6) is 0 Å². The first kappa shape index (κ1) is 22.9. The molecular weight excluding hydrogens is 372 g/mol. The molecule has 0 nitrogen and oxygen atoms in total. The number of hydrogen-bond acceptors (Lipinski definition) is 0. The van der Waals surface area contributed by atoms with Crippen LogP contribution in [0.25, 0.3) is 22.3 Å². The average Bonchev–Trinajstić information content (AvgIpc) is 2.82. The molecular formula is C31H36. The number of benzene rings is 3. The molecule has 31 heavy (non-hydrogen) atoms. The minimum absolute atomic E-state index is 1.00. The fourth-order valence-corrected chi connectivity index (χ4v) is 3.85. The summed E-state index contributed by atoms with van der Waals surface area (Å²) in [6.45, 7) is 4.50. The molecule has 0 spiro atoms. The van der Waals surface area contributed by atoms with Crippen molar-refractivity contribution >= 4 is 0 Å². The van der Waals surface area contributed by atoms with Crippen LogP contribution in [0.15, 0.2) is 72.8 Å². The molecule has 160 valence electrons. The molecule has 0 saturated heterocycles. The molecule has 0 aliphatic heterocycles. The maximum absolute atomic E-state index is 3.31. The van der Waals surface area contributed by atoms with Gasteiger partial charge in [0.05, 0.1) is 0 Å². The fourth-order valence-electron chi connectivity index (χ4n) is 3.85. The summed E-state index contributed by atoms with van der Waals surface area (Å²) in [5.74, 6) is 6.61. The zero-order valence-corrected chi connectivity index (χ0v) is 19.3. The molecule has 0 unspecified atom stereocenters. The second-order valence-electron chi connectivity index (χ2n) is 8.42. The first-order chi connectivity index (χ1) is 15.3. The Balaban J connectivity index is 1.58. The molecule has 0 radical (unpaired) electrons. The lowest BCUT2D eigenvalue weighted by Gasteiger charge is -2.07. The van der Waals surface area contributed by atoms with Crippen molar-refractivity contribution in [2.75, 3.05) is 0 Å². The van der Waals surface area contributed by atoms with E-state index < -0.39 is 0 Å². The van der Waals surface area contributed by atoms with Gasteiger partial charge in [-0.2, -0.15) is 0 Å². The number of unbranched alkanes of at least 4 members (excludes halogenated alkanes) is 6. The summed E-state index contributed by atoms with van der Waals surface area (Å²) in [7, 11) is 0. The van der Waals surface area contributed by atoms with E-state index in [-0.39, 0.29) is 0 Å². The monoisotopic (exact) mass is 408 g/mol. The highest BCUT2D eigenvalue weighted by Gasteiger charge is 2.02. The van der Waals surface area contributed by atoms with Gasteiger partial charge in [-0.25, -0.2) is 0 Å². The van der Waals surface area contributed by atoms with Gasteiger partial charge in [0.1, 0.15) is 0 Å². The molecule has 0 amide bonds. The van der Waals surface area contributed by atoms with E-state index in [1.54, 1.807) is 0 Å². The summed E-state index contributed by atoms with van der Waals surface area (Å²) >= 11 is 0. The second-order valence-corrected chi connectivity index (χ2v) is 8.42. The van der Waals surface area contributed by atoms with Crippen LogP contribution in [0.1, 0.15) is 76.3 Å². The van der Waals surface area contributed by atoms with E-state index in [1.165, 1.54) is 79.2 Å². The smallest absolute Gasteiger partial charge is 0.0245 e. The van der Waals surface area contributed by atoms with Gasteiger partial charge in [-0.3, -0.25) is 0 Å². The molecule has 0 saturated carbocycles. The third-order valence-electron chi connectivity index (χ3n) is 5.85. The lowest BCUT2D eigenvalue weighted by atomic mass is 9.98. The normalized spacial score (nSPS) is 10.5. The Bertz CT molecular complexity index is 948. The van der Waals surface area contributed by atoms with Crippen molar-refractivity contribution in [3.05, 3.63) is 83.9 Å². The van der Waals surface area contributed by atoms with E-state index in [0.717, 1.165) is 12.0 Å². The Morgan fingerprint density at radius 3 is 1.55 bits per heavy atom. The van der Waals surface area contributed by atoms with Gasteiger partial charge >= 0.3 is 0 Å². The van der Waals surface area contributed by atoms with Gasteiger partial charge in [-0.05, 0) is 59.2 Å². The lowest BCUT2D eigenvalue weighted by molar-refractivity contribution is 0.679. The van der Waals surface area contributed by atoms with E-state index in [2.05, 4.69) is 98.5 Å². The van der Waals surface area contributed by atoms with Gasteiger partial charge in [0.25, 0.3) is 0 Å². The van der Waals surface area contributed by atoms with Crippen LogP contribution >= 0.6 is 0 Å². The van der Waals surface area contributed by atoms with E-state index in [4.69, 9.17) is 0 Å². The van der Waals surface area contributed by atoms with Gasteiger partial charge in [0, 0.05) is 12.0 Å². The topological polar surface area (TPSA) is 0 Å². The van der Waals surface area contributed by atoms with Crippen molar-refractivity contribution < 1.29 is 0 Å². The molecule has 3 aromatic rings. The molecule has 0 heteroatoms. The van der Waals surface area contributed by atoms with Crippen molar-refractivity contribution in [1.82, 2.24) is 0 Å². The standard InChI is InChI=1S/C31H36/c1-3-5-7-8-9-11-13-27-16-20-29(21-17-27)31-24-22-30(23-25-31)28-18-14-26(15-19-28)12-10-6-4-2/h14-25H,3-10,12H2,1-2H3. The quantitative estimate of drug-likeness (QED) is 0.232. The summed E-state index contributed by atoms with van der Waals surface area (Å²) in [5, 5.41) is 0. The molecule has 0 N–H and O–H groups in total. The highest BCUT2D eigenvalue weighted by atomic mass is 14.1. The van der Waals surface area contributed by atoms with Crippen LogP contribution in [-0.4, -0.2) is 0 Å². The second kappa shape index (κ2) is 12.8. The third-order valence-corrected chi connectivity index (χ3v) is 5.85. The number of aryl methyl sites for hydroxylation is 1. The summed E-state index contributed by atoms with van der Waals surface area (Å²) < 4.78 is 0. The molecule has 3 aromatic carbocycles. The average molecular weight is 409 g/mol. The highest BCUT2D eigenvalue weighted by molar-refractivity contribution is 5.70. The fraction of sp³-hybridized carbons (Fsp3) is 0.355. The van der Waals surface area contributed by atoms with E-state index in [0.29, 0.717) is 0 Å². The molecule has 0 aliphatic carbocycles. The van der Waals surface area contributed by atoms with Crippen LogP contribution in [0.4, 0.5) is 0 Å². The van der Waals surface area contributed by atoms with Crippen molar-refractivity contribution in [2.24, 2.45) is 0 Å². The maximum atomic E-state index is 3.31. The minimum Gasteiger partial charge on any atom is -0.0979 e. The first-order valence-electron chi connectivity index (χ1n) is 12.1.